The minimum atomic E-state index is -0.222. The molecule has 5 nitrogen and oxygen atoms in total. The molecule has 100 valence electrons. The Morgan fingerprint density at radius 3 is 2.95 bits per heavy atom. The first-order valence-electron chi connectivity index (χ1n) is 6.02. The number of hydrogen-bond acceptors (Lipinski definition) is 3. The first-order valence-corrected chi connectivity index (χ1v) is 6.81. The Kier molecular flexibility index (Phi) is 3.23. The molecule has 0 atom stereocenters. The first kappa shape index (κ1) is 12.8. The molecule has 0 radical (unpaired) electrons. The predicted octanol–water partition coefficient (Wildman–Crippen LogP) is 3.05. The largest absolute Gasteiger partial charge is 0.306 e. The Hall–Kier alpha value is -2.21. The molecule has 0 aliphatic heterocycles. The van der Waals surface area contributed by atoms with E-state index in [4.69, 9.17) is 0 Å². The number of nitrogens with one attached hydrogen (secondary N) is 1. The van der Waals surface area contributed by atoms with E-state index in [1.165, 1.54) is 0 Å². The van der Waals surface area contributed by atoms with Gasteiger partial charge in [0.1, 0.15) is 5.82 Å². The maximum absolute atomic E-state index is 12.3. The van der Waals surface area contributed by atoms with E-state index in [9.17, 15) is 4.79 Å². The molecule has 3 aromatic heterocycles. The summed E-state index contributed by atoms with van der Waals surface area (Å²) < 4.78 is 2.57. The molecule has 0 aliphatic carbocycles. The van der Waals surface area contributed by atoms with Crippen LogP contribution in [0.25, 0.3) is 5.52 Å². The summed E-state index contributed by atoms with van der Waals surface area (Å²) in [4.78, 5) is 16.6. The normalized spacial score (nSPS) is 10.7. The summed E-state index contributed by atoms with van der Waals surface area (Å²) in [5.74, 6) is 0.298. The molecular weight excluding hydrogens is 320 g/mol. The summed E-state index contributed by atoms with van der Waals surface area (Å²) in [7, 11) is 0. The van der Waals surface area contributed by atoms with Crippen LogP contribution in [0.1, 0.15) is 16.1 Å². The van der Waals surface area contributed by atoms with Gasteiger partial charge in [0, 0.05) is 10.7 Å². The van der Waals surface area contributed by atoms with Crippen molar-refractivity contribution < 1.29 is 4.79 Å². The average Bonchev–Trinajstić information content (AvgIpc) is 2.87. The monoisotopic (exact) mass is 330 g/mol. The summed E-state index contributed by atoms with van der Waals surface area (Å²) in [5, 5.41) is 6.92. The SMILES string of the molecule is Cc1nc(NC(=O)c2cnn3ccccc23)ccc1Br. The molecular formula is C14H11BrN4O. The Labute approximate surface area is 123 Å². The average molecular weight is 331 g/mol. The highest BCUT2D eigenvalue weighted by atomic mass is 79.9. The Balaban J connectivity index is 1.91. The second-order valence-electron chi connectivity index (χ2n) is 4.31. The molecule has 1 amide bonds. The zero-order valence-corrected chi connectivity index (χ0v) is 12.3. The van der Waals surface area contributed by atoms with Gasteiger partial charge in [-0.25, -0.2) is 9.50 Å². The van der Waals surface area contributed by atoms with Crippen LogP contribution in [-0.4, -0.2) is 20.5 Å². The van der Waals surface area contributed by atoms with Gasteiger partial charge in [0.2, 0.25) is 0 Å². The van der Waals surface area contributed by atoms with E-state index in [0.717, 1.165) is 15.7 Å². The van der Waals surface area contributed by atoms with Gasteiger partial charge in [0.25, 0.3) is 5.91 Å². The summed E-state index contributed by atoms with van der Waals surface area (Å²) >= 11 is 3.38. The van der Waals surface area contributed by atoms with E-state index in [2.05, 4.69) is 31.3 Å². The molecule has 0 aliphatic rings. The van der Waals surface area contributed by atoms with E-state index in [-0.39, 0.29) is 5.91 Å². The minimum absolute atomic E-state index is 0.222. The number of rotatable bonds is 2. The molecule has 0 aromatic carbocycles. The second-order valence-corrected chi connectivity index (χ2v) is 5.16. The smallest absolute Gasteiger partial charge is 0.260 e. The minimum Gasteiger partial charge on any atom is -0.306 e. The van der Waals surface area contributed by atoms with Gasteiger partial charge in [-0.05, 0) is 47.1 Å². The molecule has 0 saturated carbocycles. The molecule has 0 spiro atoms. The van der Waals surface area contributed by atoms with Crippen molar-refractivity contribution in [3.8, 4) is 0 Å². The molecule has 1 N–H and O–H groups in total. The van der Waals surface area contributed by atoms with Crippen LogP contribution in [0, 0.1) is 6.92 Å². The van der Waals surface area contributed by atoms with Gasteiger partial charge in [-0.2, -0.15) is 5.10 Å². The van der Waals surface area contributed by atoms with Gasteiger partial charge < -0.3 is 5.32 Å². The van der Waals surface area contributed by atoms with Gasteiger partial charge in [0.05, 0.1) is 23.0 Å². The molecule has 3 heterocycles. The molecule has 0 fully saturated rings. The molecule has 0 bridgehead atoms. The van der Waals surface area contributed by atoms with Gasteiger partial charge in [-0.3, -0.25) is 4.79 Å². The van der Waals surface area contributed by atoms with E-state index >= 15 is 0 Å². The van der Waals surface area contributed by atoms with Crippen LogP contribution < -0.4 is 5.32 Å². The maximum Gasteiger partial charge on any atom is 0.260 e. The number of amides is 1. The van der Waals surface area contributed by atoms with E-state index in [1.807, 2.05) is 31.2 Å². The van der Waals surface area contributed by atoms with Crippen LogP contribution in [0.4, 0.5) is 5.82 Å². The molecule has 3 rings (SSSR count). The second kappa shape index (κ2) is 5.05. The van der Waals surface area contributed by atoms with Crippen molar-refractivity contribution in [2.24, 2.45) is 0 Å². The number of hydrogen-bond donors (Lipinski definition) is 1. The van der Waals surface area contributed by atoms with Crippen molar-refractivity contribution in [2.45, 2.75) is 6.92 Å². The number of nitrogens with zero attached hydrogens (tertiary/aromatic N) is 3. The lowest BCUT2D eigenvalue weighted by atomic mass is 10.2. The van der Waals surface area contributed by atoms with Crippen molar-refractivity contribution in [3.05, 3.63) is 58.5 Å². The van der Waals surface area contributed by atoms with E-state index < -0.39 is 0 Å². The molecule has 20 heavy (non-hydrogen) atoms. The maximum atomic E-state index is 12.3. The Bertz CT molecular complexity index is 797. The predicted molar refractivity (Wildman–Crippen MR) is 79.8 cm³/mol. The highest BCUT2D eigenvalue weighted by Gasteiger charge is 2.13. The Morgan fingerprint density at radius 2 is 2.15 bits per heavy atom. The fraction of sp³-hybridized carbons (Fsp3) is 0.0714. The van der Waals surface area contributed by atoms with Crippen LogP contribution in [0.5, 0.6) is 0 Å². The zero-order valence-electron chi connectivity index (χ0n) is 10.7. The van der Waals surface area contributed by atoms with E-state index in [0.29, 0.717) is 11.4 Å². The number of aromatic nitrogens is 3. The number of fused-ring (bicyclic) bond motifs is 1. The topological polar surface area (TPSA) is 59.3 Å². The number of anilines is 1. The fourth-order valence-corrected chi connectivity index (χ4v) is 2.13. The molecule has 6 heteroatoms. The quantitative estimate of drug-likeness (QED) is 0.785. The van der Waals surface area contributed by atoms with Crippen molar-refractivity contribution in [3.63, 3.8) is 0 Å². The highest BCUT2D eigenvalue weighted by molar-refractivity contribution is 9.10. The van der Waals surface area contributed by atoms with Crippen LogP contribution in [0.3, 0.4) is 0 Å². The standard InChI is InChI=1S/C14H11BrN4O/c1-9-11(15)5-6-13(17-9)18-14(20)10-8-16-19-7-3-2-4-12(10)19/h2-8H,1H3,(H,17,18,20). The molecule has 0 saturated heterocycles. The number of carbonyl (C=O) groups is 1. The highest BCUT2D eigenvalue weighted by Crippen LogP contribution is 2.17. The molecule has 0 unspecified atom stereocenters. The third-order valence-electron chi connectivity index (χ3n) is 2.93. The van der Waals surface area contributed by atoms with Crippen molar-refractivity contribution in [1.29, 1.82) is 0 Å². The lowest BCUT2D eigenvalue weighted by Gasteiger charge is -2.05. The van der Waals surface area contributed by atoms with Crippen LogP contribution >= 0.6 is 15.9 Å². The van der Waals surface area contributed by atoms with Gasteiger partial charge in [-0.15, -0.1) is 0 Å². The summed E-state index contributed by atoms with van der Waals surface area (Å²) in [5.41, 5.74) is 2.11. The fourth-order valence-electron chi connectivity index (χ4n) is 1.91. The van der Waals surface area contributed by atoms with Gasteiger partial charge in [0.15, 0.2) is 0 Å². The third kappa shape index (κ3) is 2.30. The Morgan fingerprint density at radius 1 is 1.30 bits per heavy atom. The first-order chi connectivity index (χ1) is 9.65. The van der Waals surface area contributed by atoms with Gasteiger partial charge in [-0.1, -0.05) is 6.07 Å². The molecule has 3 aromatic rings. The van der Waals surface area contributed by atoms with Crippen molar-refractivity contribution in [2.75, 3.05) is 5.32 Å². The van der Waals surface area contributed by atoms with Crippen LogP contribution in [0.2, 0.25) is 0 Å². The van der Waals surface area contributed by atoms with Crippen molar-refractivity contribution >= 4 is 33.2 Å². The van der Waals surface area contributed by atoms with Gasteiger partial charge >= 0.3 is 0 Å². The van der Waals surface area contributed by atoms with Crippen LogP contribution in [-0.2, 0) is 0 Å². The zero-order chi connectivity index (χ0) is 14.1. The number of carbonyl (C=O) groups excluding carboxylic acids is 1. The number of halogens is 1. The summed E-state index contributed by atoms with van der Waals surface area (Å²) in [6.45, 7) is 1.87. The summed E-state index contributed by atoms with van der Waals surface area (Å²) in [6.07, 6.45) is 3.35. The van der Waals surface area contributed by atoms with E-state index in [1.54, 1.807) is 23.0 Å². The number of aryl methyl sites for hydroxylation is 1. The lowest BCUT2D eigenvalue weighted by molar-refractivity contribution is 0.102. The number of pyridine rings is 2. The summed E-state index contributed by atoms with van der Waals surface area (Å²) in [6, 6.07) is 9.19. The lowest BCUT2D eigenvalue weighted by Crippen LogP contribution is -2.13. The van der Waals surface area contributed by atoms with Crippen LogP contribution in [0.15, 0.2) is 47.2 Å². The third-order valence-corrected chi connectivity index (χ3v) is 3.77. The van der Waals surface area contributed by atoms with Crippen molar-refractivity contribution in [1.82, 2.24) is 14.6 Å².